The molecular weight excluding hydrogens is 444 g/mol. The van der Waals surface area contributed by atoms with Crippen molar-refractivity contribution in [1.29, 1.82) is 5.26 Å². The summed E-state index contributed by atoms with van der Waals surface area (Å²) in [5, 5.41) is 21.1. The third-order valence-electron chi connectivity index (χ3n) is 4.33. The zero-order valence-corrected chi connectivity index (χ0v) is 17.3. The topological polar surface area (TPSA) is 152 Å². The van der Waals surface area contributed by atoms with E-state index in [9.17, 15) is 13.7 Å². The van der Waals surface area contributed by atoms with Crippen molar-refractivity contribution in [3.63, 3.8) is 0 Å². The molecule has 0 bridgehead atoms. The van der Waals surface area contributed by atoms with E-state index in [1.165, 1.54) is 30.5 Å². The summed E-state index contributed by atoms with van der Waals surface area (Å²) in [5.41, 5.74) is 1.00. The number of primary sulfonamides is 1. The molecule has 0 radical (unpaired) electrons. The minimum atomic E-state index is -3.78. The predicted octanol–water partition coefficient (Wildman–Crippen LogP) is 2.93. The number of anilines is 3. The Morgan fingerprint density at radius 3 is 2.65 bits per heavy atom. The molecule has 2 heterocycles. The highest BCUT2D eigenvalue weighted by Crippen LogP contribution is 2.43. The first-order valence-electron chi connectivity index (χ1n) is 8.82. The van der Waals surface area contributed by atoms with Gasteiger partial charge in [0.25, 0.3) is 0 Å². The monoisotopic (exact) mass is 458 g/mol. The number of rotatable bonds is 6. The van der Waals surface area contributed by atoms with E-state index >= 15 is 0 Å². The number of hydrogen-bond donors (Lipinski definition) is 3. The highest BCUT2D eigenvalue weighted by atomic mass is 35.5. The maximum absolute atomic E-state index is 11.4. The van der Waals surface area contributed by atoms with Gasteiger partial charge in [0.2, 0.25) is 22.8 Å². The second-order valence-corrected chi connectivity index (χ2v) is 8.33. The molecule has 4 N–H and O–H groups in total. The van der Waals surface area contributed by atoms with Gasteiger partial charge in [-0.25, -0.2) is 18.5 Å². The zero-order valence-electron chi connectivity index (χ0n) is 15.7. The second kappa shape index (κ2) is 8.27. The van der Waals surface area contributed by atoms with Crippen molar-refractivity contribution in [1.82, 2.24) is 9.97 Å². The highest BCUT2D eigenvalue weighted by Gasteiger charge is 2.26. The van der Waals surface area contributed by atoms with Crippen LogP contribution in [0.3, 0.4) is 0 Å². The van der Waals surface area contributed by atoms with E-state index in [0.717, 1.165) is 0 Å². The zero-order chi connectivity index (χ0) is 22.0. The first-order chi connectivity index (χ1) is 14.8. The predicted molar refractivity (Wildman–Crippen MR) is 113 cm³/mol. The summed E-state index contributed by atoms with van der Waals surface area (Å²) >= 11 is 6.31. The molecule has 0 amide bonds. The minimum absolute atomic E-state index is 0.00952. The molecule has 158 valence electrons. The summed E-state index contributed by atoms with van der Waals surface area (Å²) in [6, 6.07) is 12.0. The van der Waals surface area contributed by atoms with Crippen molar-refractivity contribution in [3.05, 3.63) is 59.2 Å². The normalized spacial score (nSPS) is 13.3. The summed E-state index contributed by atoms with van der Waals surface area (Å²) in [6.07, 6.45) is 1.50. The average molecular weight is 459 g/mol. The third kappa shape index (κ3) is 4.46. The van der Waals surface area contributed by atoms with E-state index in [2.05, 4.69) is 26.7 Å². The quantitative estimate of drug-likeness (QED) is 0.505. The van der Waals surface area contributed by atoms with Crippen molar-refractivity contribution in [2.45, 2.75) is 10.9 Å². The molecule has 1 aromatic heterocycles. The molecule has 1 unspecified atom stereocenters. The number of nitriles is 1. The van der Waals surface area contributed by atoms with Gasteiger partial charge < -0.3 is 20.1 Å². The lowest BCUT2D eigenvalue weighted by Gasteiger charge is -2.16. The van der Waals surface area contributed by atoms with E-state index < -0.39 is 16.1 Å². The van der Waals surface area contributed by atoms with Gasteiger partial charge in [0.15, 0.2) is 11.5 Å². The maximum atomic E-state index is 11.4. The van der Waals surface area contributed by atoms with Crippen LogP contribution in [0.2, 0.25) is 5.02 Å². The number of fused-ring (bicyclic) bond motifs is 1. The van der Waals surface area contributed by atoms with Crippen LogP contribution in [0.5, 0.6) is 11.5 Å². The summed E-state index contributed by atoms with van der Waals surface area (Å²) in [5.74, 6) is 1.51. The van der Waals surface area contributed by atoms with Crippen molar-refractivity contribution in [2.75, 3.05) is 17.4 Å². The Morgan fingerprint density at radius 2 is 1.94 bits per heavy atom. The number of nitrogens with one attached hydrogen (secondary N) is 2. The van der Waals surface area contributed by atoms with Crippen LogP contribution >= 0.6 is 11.6 Å². The van der Waals surface area contributed by atoms with E-state index in [1.54, 1.807) is 18.2 Å². The van der Waals surface area contributed by atoms with E-state index in [0.29, 0.717) is 33.6 Å². The van der Waals surface area contributed by atoms with E-state index in [-0.39, 0.29) is 17.6 Å². The number of ether oxygens (including phenoxy) is 2. The summed E-state index contributed by atoms with van der Waals surface area (Å²) < 4.78 is 33.6. The fraction of sp³-hybridized carbons (Fsp3) is 0.105. The van der Waals surface area contributed by atoms with Gasteiger partial charge in [-0.05, 0) is 42.5 Å². The van der Waals surface area contributed by atoms with Gasteiger partial charge in [-0.2, -0.15) is 10.2 Å². The largest absolute Gasteiger partial charge is 0.454 e. The van der Waals surface area contributed by atoms with Gasteiger partial charge in [-0.3, -0.25) is 0 Å². The molecule has 4 rings (SSSR count). The van der Waals surface area contributed by atoms with Crippen LogP contribution in [0.25, 0.3) is 0 Å². The van der Waals surface area contributed by atoms with Gasteiger partial charge >= 0.3 is 0 Å². The molecule has 12 heteroatoms. The van der Waals surface area contributed by atoms with Gasteiger partial charge in [0.1, 0.15) is 11.9 Å². The Morgan fingerprint density at radius 1 is 1.16 bits per heavy atom. The molecule has 10 nitrogen and oxygen atoms in total. The first kappa shape index (κ1) is 20.7. The van der Waals surface area contributed by atoms with Crippen LogP contribution in [0, 0.1) is 11.3 Å². The molecule has 0 aliphatic carbocycles. The Hall–Kier alpha value is -3.59. The number of benzene rings is 2. The number of sulfonamides is 1. The van der Waals surface area contributed by atoms with Crippen LogP contribution in [-0.4, -0.2) is 25.2 Å². The molecule has 31 heavy (non-hydrogen) atoms. The van der Waals surface area contributed by atoms with Gasteiger partial charge in [-0.15, -0.1) is 0 Å². The first-order valence-corrected chi connectivity index (χ1v) is 10.7. The fourth-order valence-corrected chi connectivity index (χ4v) is 3.69. The second-order valence-electron chi connectivity index (χ2n) is 6.36. The van der Waals surface area contributed by atoms with Gasteiger partial charge in [0, 0.05) is 11.9 Å². The highest BCUT2D eigenvalue weighted by molar-refractivity contribution is 7.89. The molecule has 0 spiro atoms. The number of hydrogen-bond acceptors (Lipinski definition) is 9. The molecular formula is C19H15ClN6O4S. The number of aromatic nitrogens is 2. The summed E-state index contributed by atoms with van der Waals surface area (Å²) in [6.45, 7) is 0.0483. The Labute approximate surface area is 182 Å². The van der Waals surface area contributed by atoms with Gasteiger partial charge in [0.05, 0.1) is 21.6 Å². The van der Waals surface area contributed by atoms with Crippen LogP contribution in [0.1, 0.15) is 11.6 Å². The van der Waals surface area contributed by atoms with E-state index in [1.807, 2.05) is 0 Å². The standard InChI is InChI=1S/C19H15ClN6O4S/c20-13-5-6-15-18(30-10-29-15)17(13)14(9-21)25-16-7-8-23-19(26-16)24-11-1-3-12(4-2-11)31(22,27)28/h1-8,14H,10H2,(H2,22,27,28)(H2,23,24,25,26). The molecule has 1 aliphatic heterocycles. The fourth-order valence-electron chi connectivity index (χ4n) is 2.91. The smallest absolute Gasteiger partial charge is 0.238 e. The number of halogens is 1. The van der Waals surface area contributed by atoms with Crippen LogP contribution in [-0.2, 0) is 10.0 Å². The van der Waals surface area contributed by atoms with Crippen molar-refractivity contribution in [3.8, 4) is 17.6 Å². The maximum Gasteiger partial charge on any atom is 0.238 e. The van der Waals surface area contributed by atoms with E-state index in [4.69, 9.17) is 26.2 Å². The minimum Gasteiger partial charge on any atom is -0.454 e. The summed E-state index contributed by atoms with van der Waals surface area (Å²) in [7, 11) is -3.78. The lowest BCUT2D eigenvalue weighted by molar-refractivity contribution is 0.173. The SMILES string of the molecule is N#CC(Nc1ccnc(Nc2ccc(S(N)(=O)=O)cc2)n1)c1c(Cl)ccc2c1OCO2. The Kier molecular flexibility index (Phi) is 5.51. The number of nitrogens with zero attached hydrogens (tertiary/aromatic N) is 3. The molecule has 1 aliphatic rings. The Balaban J connectivity index is 1.55. The molecule has 3 aromatic rings. The third-order valence-corrected chi connectivity index (χ3v) is 5.59. The van der Waals surface area contributed by atoms with Crippen molar-refractivity contribution in [2.24, 2.45) is 5.14 Å². The molecule has 2 aromatic carbocycles. The lowest BCUT2D eigenvalue weighted by atomic mass is 10.1. The average Bonchev–Trinajstić information content (AvgIpc) is 3.21. The number of nitrogens with two attached hydrogens (primary N) is 1. The summed E-state index contributed by atoms with van der Waals surface area (Å²) in [4.78, 5) is 8.45. The molecule has 0 saturated carbocycles. The van der Waals surface area contributed by atoms with Crippen LogP contribution < -0.4 is 25.2 Å². The van der Waals surface area contributed by atoms with Gasteiger partial charge in [-0.1, -0.05) is 11.6 Å². The molecule has 1 atom stereocenters. The lowest BCUT2D eigenvalue weighted by Crippen LogP contribution is -2.12. The van der Waals surface area contributed by atoms with Crippen LogP contribution in [0.15, 0.2) is 53.6 Å². The molecule has 0 saturated heterocycles. The van der Waals surface area contributed by atoms with Crippen molar-refractivity contribution >= 4 is 39.1 Å². The Bertz CT molecular complexity index is 1280. The molecule has 0 fully saturated rings. The van der Waals surface area contributed by atoms with Crippen molar-refractivity contribution < 1.29 is 17.9 Å². The van der Waals surface area contributed by atoms with Crippen LogP contribution in [0.4, 0.5) is 17.5 Å².